The zero-order valence-electron chi connectivity index (χ0n) is 17.4. The van der Waals surface area contributed by atoms with Crippen LogP contribution in [0.15, 0.2) is 18.2 Å². The molecular formula is C22H31Cl3N2O3. The second-order valence-corrected chi connectivity index (χ2v) is 9.40. The Morgan fingerprint density at radius 2 is 2.00 bits per heavy atom. The van der Waals surface area contributed by atoms with Crippen molar-refractivity contribution in [1.29, 1.82) is 0 Å². The number of amides is 1. The summed E-state index contributed by atoms with van der Waals surface area (Å²) in [6.45, 7) is 3.03. The Morgan fingerprint density at radius 3 is 2.63 bits per heavy atom. The fourth-order valence-corrected chi connectivity index (χ4v) is 5.66. The van der Waals surface area contributed by atoms with Gasteiger partial charge in [0.2, 0.25) is 0 Å². The standard InChI is InChI=1S/C22H30Cl2N2O3.ClH/c1-25-21(27)20(29-15-5-6-17(23)18(24)13-15)16-7-9-22(8-4-12-28-22)14-19(16)26-10-2-3-11-26;/h5-6,13,16,19-20H,2-4,7-12,14H2,1H3,(H,25,27);1H. The number of carbonyl (C=O) groups excluding carboxylic acids is 1. The molecule has 1 spiro atoms. The quantitative estimate of drug-likeness (QED) is 0.666. The second kappa shape index (κ2) is 10.3. The molecule has 1 aliphatic carbocycles. The van der Waals surface area contributed by atoms with Crippen molar-refractivity contribution >= 4 is 41.5 Å². The van der Waals surface area contributed by atoms with E-state index < -0.39 is 6.10 Å². The first-order valence-corrected chi connectivity index (χ1v) is 11.5. The van der Waals surface area contributed by atoms with Crippen LogP contribution in [-0.4, -0.2) is 55.3 Å². The lowest BCUT2D eigenvalue weighted by atomic mass is 9.71. The van der Waals surface area contributed by atoms with Crippen LogP contribution in [-0.2, 0) is 9.53 Å². The van der Waals surface area contributed by atoms with Gasteiger partial charge >= 0.3 is 0 Å². The van der Waals surface area contributed by atoms with Crippen LogP contribution in [0.1, 0.15) is 44.9 Å². The maximum Gasteiger partial charge on any atom is 0.261 e. The van der Waals surface area contributed by atoms with E-state index in [1.165, 1.54) is 12.8 Å². The summed E-state index contributed by atoms with van der Waals surface area (Å²) in [4.78, 5) is 15.5. The number of likely N-dealkylation sites (N-methyl/N-ethyl adjacent to an activating group) is 1. The molecule has 0 aromatic heterocycles. The molecule has 1 saturated carbocycles. The number of likely N-dealkylation sites (tertiary alicyclic amines) is 1. The Kier molecular flexibility index (Phi) is 8.19. The fraction of sp³-hybridized carbons (Fsp3) is 0.682. The van der Waals surface area contributed by atoms with E-state index in [2.05, 4.69) is 10.2 Å². The molecule has 4 unspecified atom stereocenters. The highest BCUT2D eigenvalue weighted by molar-refractivity contribution is 6.42. The summed E-state index contributed by atoms with van der Waals surface area (Å²) in [5, 5.41) is 3.71. The van der Waals surface area contributed by atoms with Crippen molar-refractivity contribution in [2.24, 2.45) is 5.92 Å². The number of ether oxygens (including phenoxy) is 2. The van der Waals surface area contributed by atoms with Crippen molar-refractivity contribution < 1.29 is 14.3 Å². The van der Waals surface area contributed by atoms with Gasteiger partial charge in [0.05, 0.1) is 15.6 Å². The maximum atomic E-state index is 12.9. The predicted octanol–water partition coefficient (Wildman–Crippen LogP) is 4.72. The summed E-state index contributed by atoms with van der Waals surface area (Å²) in [6.07, 6.45) is 7.02. The first kappa shape index (κ1) is 23.9. The normalized spacial score (nSPS) is 30.1. The number of halogens is 3. The Bertz CT molecular complexity index is 736. The molecule has 0 bridgehead atoms. The van der Waals surface area contributed by atoms with E-state index in [1.807, 2.05) is 0 Å². The van der Waals surface area contributed by atoms with Crippen molar-refractivity contribution in [3.05, 3.63) is 28.2 Å². The van der Waals surface area contributed by atoms with Crippen LogP contribution in [0.4, 0.5) is 0 Å². The summed E-state index contributed by atoms with van der Waals surface area (Å²) < 4.78 is 12.5. The summed E-state index contributed by atoms with van der Waals surface area (Å²) >= 11 is 12.2. The molecule has 1 N–H and O–H groups in total. The van der Waals surface area contributed by atoms with Crippen molar-refractivity contribution in [1.82, 2.24) is 10.2 Å². The molecule has 30 heavy (non-hydrogen) atoms. The van der Waals surface area contributed by atoms with Gasteiger partial charge < -0.3 is 14.8 Å². The molecule has 8 heteroatoms. The molecule has 2 aliphatic heterocycles. The van der Waals surface area contributed by atoms with Gasteiger partial charge in [-0.05, 0) is 70.2 Å². The highest BCUT2D eigenvalue weighted by Gasteiger charge is 2.49. The van der Waals surface area contributed by atoms with Crippen molar-refractivity contribution in [3.63, 3.8) is 0 Å². The van der Waals surface area contributed by atoms with Gasteiger partial charge in [-0.1, -0.05) is 23.2 Å². The minimum absolute atomic E-state index is 0. The summed E-state index contributed by atoms with van der Waals surface area (Å²) in [5.41, 5.74) is -0.0133. The van der Waals surface area contributed by atoms with Gasteiger partial charge in [-0.2, -0.15) is 0 Å². The summed E-state index contributed by atoms with van der Waals surface area (Å²) in [7, 11) is 1.67. The van der Waals surface area contributed by atoms with Gasteiger partial charge in [0, 0.05) is 31.7 Å². The smallest absolute Gasteiger partial charge is 0.261 e. The number of nitrogens with zero attached hydrogens (tertiary/aromatic N) is 1. The number of hydrogen-bond acceptors (Lipinski definition) is 4. The zero-order valence-corrected chi connectivity index (χ0v) is 19.7. The first-order chi connectivity index (χ1) is 14.0. The van der Waals surface area contributed by atoms with Gasteiger partial charge in [-0.25, -0.2) is 0 Å². The summed E-state index contributed by atoms with van der Waals surface area (Å²) in [6, 6.07) is 5.46. The molecule has 5 nitrogen and oxygen atoms in total. The lowest BCUT2D eigenvalue weighted by Crippen LogP contribution is -2.56. The van der Waals surface area contributed by atoms with Gasteiger partial charge in [-0.15, -0.1) is 12.4 Å². The van der Waals surface area contributed by atoms with Crippen LogP contribution in [0.2, 0.25) is 10.0 Å². The van der Waals surface area contributed by atoms with Crippen molar-refractivity contribution in [2.75, 3.05) is 26.7 Å². The van der Waals surface area contributed by atoms with Crippen molar-refractivity contribution in [3.8, 4) is 5.75 Å². The molecule has 2 saturated heterocycles. The SMILES string of the molecule is CNC(=O)C(Oc1ccc(Cl)c(Cl)c1)C1CCC2(CCCO2)CC1N1CCCC1.Cl. The van der Waals surface area contributed by atoms with E-state index in [1.54, 1.807) is 25.2 Å². The van der Waals surface area contributed by atoms with Gasteiger partial charge in [0.25, 0.3) is 5.91 Å². The minimum atomic E-state index is -0.568. The largest absolute Gasteiger partial charge is 0.480 e. The Balaban J connectivity index is 0.00000256. The summed E-state index contributed by atoms with van der Waals surface area (Å²) in [5.74, 6) is 0.594. The molecule has 1 amide bonds. The molecule has 3 fully saturated rings. The van der Waals surface area contributed by atoms with E-state index in [4.69, 9.17) is 32.7 Å². The predicted molar refractivity (Wildman–Crippen MR) is 122 cm³/mol. The highest BCUT2D eigenvalue weighted by Crippen LogP contribution is 2.45. The number of hydrogen-bond donors (Lipinski definition) is 1. The van der Waals surface area contributed by atoms with Crippen LogP contribution >= 0.6 is 35.6 Å². The molecule has 1 aromatic carbocycles. The average Bonchev–Trinajstić information content (AvgIpc) is 3.41. The van der Waals surface area contributed by atoms with Gasteiger partial charge in [0.1, 0.15) is 5.75 Å². The third-order valence-electron chi connectivity index (χ3n) is 6.85. The molecular weight excluding hydrogens is 447 g/mol. The van der Waals surface area contributed by atoms with Gasteiger partial charge in [0.15, 0.2) is 6.10 Å². The maximum absolute atomic E-state index is 12.9. The highest BCUT2D eigenvalue weighted by atomic mass is 35.5. The first-order valence-electron chi connectivity index (χ1n) is 10.7. The van der Waals surface area contributed by atoms with E-state index in [9.17, 15) is 4.79 Å². The molecule has 4 rings (SSSR count). The van der Waals surface area contributed by atoms with E-state index >= 15 is 0 Å². The van der Waals surface area contributed by atoms with Crippen LogP contribution in [0, 0.1) is 5.92 Å². The fourth-order valence-electron chi connectivity index (χ4n) is 5.37. The molecule has 168 valence electrons. The molecule has 2 heterocycles. The lowest BCUT2D eigenvalue weighted by Gasteiger charge is -2.47. The third kappa shape index (κ3) is 5.02. The second-order valence-electron chi connectivity index (χ2n) is 8.58. The Morgan fingerprint density at radius 1 is 1.23 bits per heavy atom. The van der Waals surface area contributed by atoms with Crippen LogP contribution in [0.3, 0.4) is 0 Å². The Labute approximate surface area is 195 Å². The molecule has 3 aliphatic rings. The Hall–Kier alpha value is -0.720. The number of benzene rings is 1. The third-order valence-corrected chi connectivity index (χ3v) is 7.59. The van der Waals surface area contributed by atoms with Crippen LogP contribution in [0.25, 0.3) is 0 Å². The molecule has 4 atom stereocenters. The monoisotopic (exact) mass is 476 g/mol. The topological polar surface area (TPSA) is 50.8 Å². The average molecular weight is 478 g/mol. The molecule has 1 aromatic rings. The number of carbonyl (C=O) groups is 1. The zero-order chi connectivity index (χ0) is 20.4. The van der Waals surface area contributed by atoms with E-state index in [0.717, 1.165) is 51.8 Å². The van der Waals surface area contributed by atoms with Crippen LogP contribution < -0.4 is 10.1 Å². The van der Waals surface area contributed by atoms with Crippen molar-refractivity contribution in [2.45, 2.75) is 62.7 Å². The minimum Gasteiger partial charge on any atom is -0.480 e. The van der Waals surface area contributed by atoms with E-state index in [-0.39, 0.29) is 35.9 Å². The lowest BCUT2D eigenvalue weighted by molar-refractivity contribution is -0.136. The molecule has 0 radical (unpaired) electrons. The number of rotatable bonds is 5. The van der Waals surface area contributed by atoms with E-state index in [0.29, 0.717) is 15.8 Å². The van der Waals surface area contributed by atoms with Gasteiger partial charge in [-0.3, -0.25) is 9.69 Å². The van der Waals surface area contributed by atoms with Crippen LogP contribution in [0.5, 0.6) is 5.75 Å². The number of nitrogens with one attached hydrogen (secondary N) is 1.